The molecule has 0 heterocycles. The van der Waals surface area contributed by atoms with Crippen LogP contribution < -0.4 is 4.90 Å². The lowest BCUT2D eigenvalue weighted by Crippen LogP contribution is -2.25. The van der Waals surface area contributed by atoms with Crippen molar-refractivity contribution in [3.05, 3.63) is 88.8 Å². The lowest BCUT2D eigenvalue weighted by Gasteiger charge is -2.23. The number of benzene rings is 3. The highest BCUT2D eigenvalue weighted by molar-refractivity contribution is 6.11. The Hall–Kier alpha value is -3.47. The lowest BCUT2D eigenvalue weighted by molar-refractivity contribution is 0.0999. The molecule has 5 nitrogen and oxygen atoms in total. The third-order valence-electron chi connectivity index (χ3n) is 4.26. The number of anilines is 2. The van der Waals surface area contributed by atoms with E-state index in [0.717, 1.165) is 12.8 Å². The number of nitrogens with zero attached hydrogens (tertiary/aromatic N) is 2. The standard InChI is InChI=1S/C22H20N2O3/c1-2-3-16-4-6-17(7-5-16)22(26)24(20-12-14-21(25)15-13-20)19-10-8-18(23-27)9-11-19/h4-15,25H,2-3H2,1H3. The van der Waals surface area contributed by atoms with E-state index in [0.29, 0.717) is 22.6 Å². The average molecular weight is 360 g/mol. The second-order valence-electron chi connectivity index (χ2n) is 6.21. The van der Waals surface area contributed by atoms with Crippen molar-refractivity contribution in [1.82, 2.24) is 0 Å². The second kappa shape index (κ2) is 8.27. The highest BCUT2D eigenvalue weighted by Gasteiger charge is 2.20. The summed E-state index contributed by atoms with van der Waals surface area (Å²) < 4.78 is 0. The largest absolute Gasteiger partial charge is 0.508 e. The van der Waals surface area contributed by atoms with Crippen LogP contribution >= 0.6 is 0 Å². The van der Waals surface area contributed by atoms with Crippen LogP contribution in [0.25, 0.3) is 0 Å². The minimum absolute atomic E-state index is 0.121. The smallest absolute Gasteiger partial charge is 0.262 e. The van der Waals surface area contributed by atoms with Gasteiger partial charge in [0.1, 0.15) is 11.4 Å². The zero-order valence-electron chi connectivity index (χ0n) is 15.0. The van der Waals surface area contributed by atoms with Gasteiger partial charge in [0.25, 0.3) is 5.91 Å². The summed E-state index contributed by atoms with van der Waals surface area (Å²) in [6.45, 7) is 2.11. The molecule has 0 aromatic heterocycles. The van der Waals surface area contributed by atoms with Gasteiger partial charge in [-0.05, 0) is 77.8 Å². The van der Waals surface area contributed by atoms with Crippen LogP contribution in [0.5, 0.6) is 5.75 Å². The van der Waals surface area contributed by atoms with Crippen molar-refractivity contribution in [2.24, 2.45) is 5.18 Å². The summed E-state index contributed by atoms with van der Waals surface area (Å²) in [5, 5.41) is 12.5. The van der Waals surface area contributed by atoms with E-state index in [-0.39, 0.29) is 11.7 Å². The predicted octanol–water partition coefficient (Wildman–Crippen LogP) is 5.72. The first-order chi connectivity index (χ1) is 13.1. The Bertz CT molecular complexity index is 917. The van der Waals surface area contributed by atoms with Gasteiger partial charge in [0, 0.05) is 16.9 Å². The van der Waals surface area contributed by atoms with Crippen LogP contribution in [-0.2, 0) is 6.42 Å². The van der Waals surface area contributed by atoms with Crippen LogP contribution in [0.3, 0.4) is 0 Å². The number of carbonyl (C=O) groups excluding carboxylic acids is 1. The quantitative estimate of drug-likeness (QED) is 0.571. The van der Waals surface area contributed by atoms with E-state index in [2.05, 4.69) is 12.1 Å². The molecule has 0 saturated heterocycles. The molecule has 136 valence electrons. The number of phenolic OH excluding ortho intramolecular Hbond substituents is 1. The summed E-state index contributed by atoms with van der Waals surface area (Å²) in [4.78, 5) is 25.5. The minimum Gasteiger partial charge on any atom is -0.508 e. The summed E-state index contributed by atoms with van der Waals surface area (Å²) in [7, 11) is 0. The molecule has 0 aliphatic carbocycles. The second-order valence-corrected chi connectivity index (χ2v) is 6.21. The summed E-state index contributed by atoms with van der Waals surface area (Å²) in [6, 6.07) is 20.4. The van der Waals surface area contributed by atoms with Gasteiger partial charge in [-0.1, -0.05) is 25.5 Å². The van der Waals surface area contributed by atoms with Gasteiger partial charge in [-0.3, -0.25) is 9.69 Å². The van der Waals surface area contributed by atoms with Gasteiger partial charge in [-0.2, -0.15) is 0 Å². The van der Waals surface area contributed by atoms with Crippen LogP contribution in [0, 0.1) is 4.91 Å². The average Bonchev–Trinajstić information content (AvgIpc) is 2.71. The van der Waals surface area contributed by atoms with Gasteiger partial charge in [-0.15, -0.1) is 4.91 Å². The van der Waals surface area contributed by atoms with E-state index >= 15 is 0 Å². The Balaban J connectivity index is 2.00. The molecular weight excluding hydrogens is 340 g/mol. The number of aromatic hydroxyl groups is 1. The normalized spacial score (nSPS) is 10.4. The van der Waals surface area contributed by atoms with Crippen LogP contribution in [0.4, 0.5) is 17.1 Å². The van der Waals surface area contributed by atoms with Crippen LogP contribution in [-0.4, -0.2) is 11.0 Å². The zero-order chi connectivity index (χ0) is 19.2. The Morgan fingerprint density at radius 1 is 0.889 bits per heavy atom. The van der Waals surface area contributed by atoms with Crippen molar-refractivity contribution in [2.75, 3.05) is 4.90 Å². The van der Waals surface area contributed by atoms with Crippen LogP contribution in [0.15, 0.2) is 78.0 Å². The Morgan fingerprint density at radius 2 is 1.44 bits per heavy atom. The number of amides is 1. The van der Waals surface area contributed by atoms with Gasteiger partial charge >= 0.3 is 0 Å². The van der Waals surface area contributed by atoms with Gasteiger partial charge < -0.3 is 5.11 Å². The predicted molar refractivity (Wildman–Crippen MR) is 107 cm³/mol. The Morgan fingerprint density at radius 3 is 1.96 bits per heavy atom. The summed E-state index contributed by atoms with van der Waals surface area (Å²) >= 11 is 0. The molecule has 0 unspecified atom stereocenters. The number of rotatable bonds is 6. The molecule has 1 N–H and O–H groups in total. The number of hydrogen-bond donors (Lipinski definition) is 1. The Labute approximate surface area is 157 Å². The number of phenols is 1. The van der Waals surface area contributed by atoms with E-state index in [1.807, 2.05) is 24.3 Å². The van der Waals surface area contributed by atoms with Crippen molar-refractivity contribution in [2.45, 2.75) is 19.8 Å². The fourth-order valence-corrected chi connectivity index (χ4v) is 2.88. The number of hydrogen-bond acceptors (Lipinski definition) is 4. The third-order valence-corrected chi connectivity index (χ3v) is 4.26. The van der Waals surface area contributed by atoms with E-state index in [1.54, 1.807) is 41.3 Å². The SMILES string of the molecule is CCCc1ccc(C(=O)N(c2ccc(O)cc2)c2ccc(N=O)cc2)cc1. The summed E-state index contributed by atoms with van der Waals surface area (Å²) in [5.74, 6) is -0.0777. The maximum absolute atomic E-state index is 13.2. The lowest BCUT2D eigenvalue weighted by atomic mass is 10.1. The molecule has 0 spiro atoms. The first kappa shape index (κ1) is 18.3. The maximum Gasteiger partial charge on any atom is 0.262 e. The molecular formula is C22H20N2O3. The van der Waals surface area contributed by atoms with Gasteiger partial charge in [0.2, 0.25) is 0 Å². The molecule has 0 fully saturated rings. The molecule has 1 amide bonds. The maximum atomic E-state index is 13.2. The molecule has 0 aliphatic heterocycles. The highest BCUT2D eigenvalue weighted by atomic mass is 16.3. The van der Waals surface area contributed by atoms with Crippen molar-refractivity contribution in [3.8, 4) is 5.75 Å². The number of aryl methyl sites for hydroxylation is 1. The molecule has 0 saturated carbocycles. The van der Waals surface area contributed by atoms with Gasteiger partial charge in [-0.25, -0.2) is 0 Å². The fraction of sp³-hybridized carbons (Fsp3) is 0.136. The number of carbonyl (C=O) groups is 1. The molecule has 3 aromatic rings. The van der Waals surface area contributed by atoms with Crippen LogP contribution in [0.1, 0.15) is 29.3 Å². The van der Waals surface area contributed by atoms with Crippen molar-refractivity contribution in [3.63, 3.8) is 0 Å². The van der Waals surface area contributed by atoms with Crippen molar-refractivity contribution in [1.29, 1.82) is 0 Å². The minimum atomic E-state index is -0.199. The van der Waals surface area contributed by atoms with E-state index < -0.39 is 0 Å². The highest BCUT2D eigenvalue weighted by Crippen LogP contribution is 2.30. The monoisotopic (exact) mass is 360 g/mol. The molecule has 27 heavy (non-hydrogen) atoms. The molecule has 0 bridgehead atoms. The van der Waals surface area contributed by atoms with Crippen molar-refractivity contribution >= 4 is 23.0 Å². The third kappa shape index (κ3) is 4.20. The zero-order valence-corrected chi connectivity index (χ0v) is 15.0. The van der Waals surface area contributed by atoms with E-state index in [9.17, 15) is 14.8 Å². The first-order valence-corrected chi connectivity index (χ1v) is 8.78. The first-order valence-electron chi connectivity index (χ1n) is 8.78. The molecule has 3 aromatic carbocycles. The summed E-state index contributed by atoms with van der Waals surface area (Å²) in [6.07, 6.45) is 2.01. The molecule has 3 rings (SSSR count). The molecule has 0 atom stereocenters. The summed E-state index contributed by atoms with van der Waals surface area (Å²) in [5.41, 5.74) is 3.26. The van der Waals surface area contributed by atoms with E-state index in [4.69, 9.17) is 0 Å². The Kier molecular flexibility index (Phi) is 5.61. The van der Waals surface area contributed by atoms with E-state index in [1.165, 1.54) is 17.7 Å². The molecule has 0 radical (unpaired) electrons. The van der Waals surface area contributed by atoms with Gasteiger partial charge in [0.05, 0.1) is 0 Å². The molecule has 5 heteroatoms. The molecule has 0 aliphatic rings. The van der Waals surface area contributed by atoms with Crippen LogP contribution in [0.2, 0.25) is 0 Å². The van der Waals surface area contributed by atoms with Gasteiger partial charge in [0.15, 0.2) is 0 Å². The topological polar surface area (TPSA) is 70.0 Å². The fourth-order valence-electron chi connectivity index (χ4n) is 2.88. The number of nitroso groups, excluding NO2 is 1. The van der Waals surface area contributed by atoms with Crippen molar-refractivity contribution < 1.29 is 9.90 Å².